The van der Waals surface area contributed by atoms with Crippen molar-refractivity contribution >= 4 is 17.2 Å². The second-order valence-electron chi connectivity index (χ2n) is 5.39. The van der Waals surface area contributed by atoms with E-state index in [1.165, 1.54) is 10.4 Å². The van der Waals surface area contributed by atoms with Gasteiger partial charge in [-0.2, -0.15) is 0 Å². The number of nitrogens with zero attached hydrogens (tertiary/aromatic N) is 2. The molecule has 1 saturated heterocycles. The zero-order valence-corrected chi connectivity index (χ0v) is 13.0. The van der Waals surface area contributed by atoms with Gasteiger partial charge in [0, 0.05) is 44.6 Å². The number of carbonyl (C=O) groups is 1. The number of carbonyl (C=O) groups excluding carboxylic acids is 1. The molecule has 5 heteroatoms. The van der Waals surface area contributed by atoms with Crippen LogP contribution in [0.4, 0.5) is 0 Å². The highest BCUT2D eigenvalue weighted by Crippen LogP contribution is 2.31. The summed E-state index contributed by atoms with van der Waals surface area (Å²) in [5.74, 6) is 0.180. The molecule has 2 heterocycles. The van der Waals surface area contributed by atoms with Gasteiger partial charge >= 0.3 is 0 Å². The highest BCUT2D eigenvalue weighted by molar-refractivity contribution is 7.10. The third-order valence-corrected chi connectivity index (χ3v) is 4.78. The van der Waals surface area contributed by atoms with Gasteiger partial charge in [0.05, 0.1) is 0 Å². The summed E-state index contributed by atoms with van der Waals surface area (Å²) < 4.78 is 0. The second kappa shape index (κ2) is 6.03. The van der Waals surface area contributed by atoms with Crippen molar-refractivity contribution < 1.29 is 4.79 Å². The molecule has 19 heavy (non-hydrogen) atoms. The average molecular weight is 281 g/mol. The molecule has 0 saturated carbocycles. The van der Waals surface area contributed by atoms with E-state index in [0.717, 1.165) is 19.6 Å². The molecule has 2 rings (SSSR count). The van der Waals surface area contributed by atoms with Gasteiger partial charge in [-0.3, -0.25) is 9.69 Å². The van der Waals surface area contributed by atoms with Crippen LogP contribution in [-0.4, -0.2) is 55.5 Å². The molecule has 1 amide bonds. The highest BCUT2D eigenvalue weighted by Gasteiger charge is 2.34. The van der Waals surface area contributed by atoms with Crippen LogP contribution in [0.3, 0.4) is 0 Å². The summed E-state index contributed by atoms with van der Waals surface area (Å²) in [4.78, 5) is 17.8. The summed E-state index contributed by atoms with van der Waals surface area (Å²) in [6.07, 6.45) is 0. The number of amides is 1. The van der Waals surface area contributed by atoms with Crippen molar-refractivity contribution in [2.45, 2.75) is 25.9 Å². The molecule has 2 unspecified atom stereocenters. The molecule has 0 aromatic carbocycles. The Morgan fingerprint density at radius 1 is 1.58 bits per heavy atom. The fourth-order valence-corrected chi connectivity index (χ4v) is 3.59. The van der Waals surface area contributed by atoms with Gasteiger partial charge in [-0.05, 0) is 30.9 Å². The zero-order chi connectivity index (χ0) is 14.0. The first-order valence-electron chi connectivity index (χ1n) is 6.74. The Kier molecular flexibility index (Phi) is 4.60. The Hall–Kier alpha value is -0.910. The molecule has 0 bridgehead atoms. The number of hydrogen-bond donors (Lipinski definition) is 1. The van der Waals surface area contributed by atoms with E-state index in [1.54, 1.807) is 16.2 Å². The van der Waals surface area contributed by atoms with Crippen LogP contribution >= 0.6 is 11.3 Å². The van der Waals surface area contributed by atoms with Crippen LogP contribution in [-0.2, 0) is 4.79 Å². The Balaban J connectivity index is 2.34. The van der Waals surface area contributed by atoms with Crippen LogP contribution in [0.25, 0.3) is 0 Å². The molecule has 1 aromatic heterocycles. The minimum Gasteiger partial charge on any atom is -0.347 e. The second-order valence-corrected chi connectivity index (χ2v) is 6.34. The van der Waals surface area contributed by atoms with Crippen LogP contribution in [0.1, 0.15) is 23.4 Å². The van der Waals surface area contributed by atoms with E-state index in [9.17, 15) is 4.79 Å². The van der Waals surface area contributed by atoms with Gasteiger partial charge in [0.25, 0.3) is 0 Å². The zero-order valence-electron chi connectivity index (χ0n) is 12.1. The minimum atomic E-state index is -0.132. The maximum Gasteiger partial charge on any atom is 0.244 e. The van der Waals surface area contributed by atoms with Crippen molar-refractivity contribution in [3.05, 3.63) is 21.9 Å². The lowest BCUT2D eigenvalue weighted by Crippen LogP contribution is -2.54. The van der Waals surface area contributed by atoms with E-state index in [1.807, 2.05) is 14.1 Å². The number of thiophene rings is 1. The van der Waals surface area contributed by atoms with Gasteiger partial charge in [-0.15, -0.1) is 11.3 Å². The molecule has 2 atom stereocenters. The van der Waals surface area contributed by atoms with E-state index in [2.05, 4.69) is 35.5 Å². The Morgan fingerprint density at radius 2 is 2.32 bits per heavy atom. The number of likely N-dealkylation sites (N-methyl/N-ethyl adjacent to an activating group) is 1. The lowest BCUT2D eigenvalue weighted by atomic mass is 10.1. The summed E-state index contributed by atoms with van der Waals surface area (Å²) in [5, 5.41) is 5.46. The molecule has 1 aliphatic heterocycles. The van der Waals surface area contributed by atoms with Gasteiger partial charge in [0.15, 0.2) is 0 Å². The van der Waals surface area contributed by atoms with Gasteiger partial charge in [0.1, 0.15) is 6.04 Å². The SMILES string of the molecule is Cc1ccsc1C(C(=O)N(C)C)N1CCNCC1C. The van der Waals surface area contributed by atoms with E-state index < -0.39 is 0 Å². The molecule has 1 N–H and O–H groups in total. The van der Waals surface area contributed by atoms with Crippen molar-refractivity contribution in [2.24, 2.45) is 0 Å². The van der Waals surface area contributed by atoms with Crippen LogP contribution < -0.4 is 5.32 Å². The van der Waals surface area contributed by atoms with Crippen molar-refractivity contribution in [1.82, 2.24) is 15.1 Å². The average Bonchev–Trinajstić information content (AvgIpc) is 2.78. The van der Waals surface area contributed by atoms with Gasteiger partial charge < -0.3 is 10.2 Å². The smallest absolute Gasteiger partial charge is 0.244 e. The standard InChI is InChI=1S/C14H23N3OS/c1-10-5-8-19-13(10)12(14(18)16(3)4)17-7-6-15-9-11(17)2/h5,8,11-12,15H,6-7,9H2,1-4H3. The van der Waals surface area contributed by atoms with E-state index in [-0.39, 0.29) is 11.9 Å². The van der Waals surface area contributed by atoms with Crippen molar-refractivity contribution in [1.29, 1.82) is 0 Å². The molecule has 1 aliphatic rings. The summed E-state index contributed by atoms with van der Waals surface area (Å²) in [6.45, 7) is 7.09. The van der Waals surface area contributed by atoms with Gasteiger partial charge in [-0.1, -0.05) is 0 Å². The maximum absolute atomic E-state index is 12.6. The molecule has 0 aliphatic carbocycles. The molecule has 1 aromatic rings. The summed E-state index contributed by atoms with van der Waals surface area (Å²) in [5.41, 5.74) is 1.22. The van der Waals surface area contributed by atoms with E-state index in [0.29, 0.717) is 6.04 Å². The minimum absolute atomic E-state index is 0.132. The van der Waals surface area contributed by atoms with Gasteiger partial charge in [-0.25, -0.2) is 0 Å². The third-order valence-electron chi connectivity index (χ3n) is 3.71. The predicted molar refractivity (Wildman–Crippen MR) is 79.5 cm³/mol. The number of nitrogens with one attached hydrogen (secondary N) is 1. The van der Waals surface area contributed by atoms with Crippen molar-refractivity contribution in [3.8, 4) is 0 Å². The largest absolute Gasteiger partial charge is 0.347 e. The lowest BCUT2D eigenvalue weighted by Gasteiger charge is -2.39. The van der Waals surface area contributed by atoms with Crippen molar-refractivity contribution in [3.63, 3.8) is 0 Å². The Bertz CT molecular complexity index is 444. The summed E-state index contributed by atoms with van der Waals surface area (Å²) >= 11 is 1.69. The number of hydrogen-bond acceptors (Lipinski definition) is 4. The molecular weight excluding hydrogens is 258 g/mol. The number of rotatable bonds is 3. The Morgan fingerprint density at radius 3 is 2.84 bits per heavy atom. The first-order chi connectivity index (χ1) is 9.02. The third kappa shape index (κ3) is 2.99. The van der Waals surface area contributed by atoms with Crippen LogP contribution in [0, 0.1) is 6.92 Å². The summed E-state index contributed by atoms with van der Waals surface area (Å²) in [7, 11) is 3.68. The van der Waals surface area contributed by atoms with Crippen LogP contribution in [0.2, 0.25) is 0 Å². The van der Waals surface area contributed by atoms with Crippen LogP contribution in [0.5, 0.6) is 0 Å². The number of piperazine rings is 1. The van der Waals surface area contributed by atoms with E-state index in [4.69, 9.17) is 0 Å². The molecule has 0 spiro atoms. The van der Waals surface area contributed by atoms with E-state index >= 15 is 0 Å². The normalized spacial score (nSPS) is 22.2. The highest BCUT2D eigenvalue weighted by atomic mass is 32.1. The topological polar surface area (TPSA) is 35.6 Å². The fraction of sp³-hybridized carbons (Fsp3) is 0.643. The molecule has 106 valence electrons. The maximum atomic E-state index is 12.6. The summed E-state index contributed by atoms with van der Waals surface area (Å²) in [6, 6.07) is 2.35. The van der Waals surface area contributed by atoms with Gasteiger partial charge in [0.2, 0.25) is 5.91 Å². The number of aryl methyl sites for hydroxylation is 1. The molecule has 4 nitrogen and oxygen atoms in total. The quantitative estimate of drug-likeness (QED) is 0.911. The predicted octanol–water partition coefficient (Wildman–Crippen LogP) is 1.48. The monoisotopic (exact) mass is 281 g/mol. The molecule has 0 radical (unpaired) electrons. The fourth-order valence-electron chi connectivity index (χ4n) is 2.55. The first-order valence-corrected chi connectivity index (χ1v) is 7.62. The molecular formula is C14H23N3OS. The Labute approximate surface area is 119 Å². The van der Waals surface area contributed by atoms with Crippen LogP contribution in [0.15, 0.2) is 11.4 Å². The molecule has 1 fully saturated rings. The lowest BCUT2D eigenvalue weighted by molar-refractivity contribution is -0.136. The first kappa shape index (κ1) is 14.5. The van der Waals surface area contributed by atoms with Crippen molar-refractivity contribution in [2.75, 3.05) is 33.7 Å².